The fraction of sp³-hybridized carbons (Fsp3) is 0.500. The lowest BCUT2D eigenvalue weighted by molar-refractivity contribution is -0.148. The predicted octanol–water partition coefficient (Wildman–Crippen LogP) is 2.00. The summed E-state index contributed by atoms with van der Waals surface area (Å²) in [4.78, 5) is 11.7. The summed E-state index contributed by atoms with van der Waals surface area (Å²) in [5, 5.41) is 2.99. The van der Waals surface area contributed by atoms with Crippen molar-refractivity contribution in [2.75, 3.05) is 14.2 Å². The Kier molecular flexibility index (Phi) is 5.16. The molecule has 0 saturated carbocycles. The second-order valence-corrected chi connectivity index (χ2v) is 4.52. The zero-order chi connectivity index (χ0) is 13.6. The number of likely N-dealkylation sites (N-methyl/N-ethyl adjacent to an activating group) is 1. The highest BCUT2D eigenvalue weighted by atomic mass is 16.5. The van der Waals surface area contributed by atoms with E-state index in [1.165, 1.54) is 7.11 Å². The van der Waals surface area contributed by atoms with Crippen LogP contribution in [0.5, 0.6) is 5.75 Å². The minimum absolute atomic E-state index is 0.0936. The summed E-state index contributed by atoms with van der Waals surface area (Å²) in [6, 6.07) is 9.56. The first-order valence-corrected chi connectivity index (χ1v) is 6.01. The fourth-order valence-electron chi connectivity index (χ4n) is 1.86. The molecule has 0 bridgehead atoms. The molecule has 4 nitrogen and oxygen atoms in total. The van der Waals surface area contributed by atoms with Gasteiger partial charge in [0, 0.05) is 6.42 Å². The van der Waals surface area contributed by atoms with Gasteiger partial charge < -0.3 is 14.8 Å². The highest BCUT2D eigenvalue weighted by molar-refractivity contribution is 5.80. The average molecular weight is 251 g/mol. The summed E-state index contributed by atoms with van der Waals surface area (Å²) in [6.07, 6.45) is 0.439. The maximum Gasteiger partial charge on any atom is 0.325 e. The van der Waals surface area contributed by atoms with Crippen molar-refractivity contribution >= 4 is 5.97 Å². The summed E-state index contributed by atoms with van der Waals surface area (Å²) >= 11 is 0. The van der Waals surface area contributed by atoms with Crippen molar-refractivity contribution in [3.05, 3.63) is 30.3 Å². The van der Waals surface area contributed by atoms with Gasteiger partial charge in [-0.05, 0) is 33.0 Å². The highest BCUT2D eigenvalue weighted by Gasteiger charge is 2.34. The summed E-state index contributed by atoms with van der Waals surface area (Å²) in [5.74, 6) is 0.516. The van der Waals surface area contributed by atoms with Crippen molar-refractivity contribution in [2.45, 2.75) is 31.9 Å². The van der Waals surface area contributed by atoms with Crippen LogP contribution in [0.25, 0.3) is 0 Å². The second-order valence-electron chi connectivity index (χ2n) is 4.52. The first kappa shape index (κ1) is 14.5. The van der Waals surface area contributed by atoms with E-state index in [9.17, 15) is 4.79 Å². The van der Waals surface area contributed by atoms with Crippen LogP contribution in [-0.2, 0) is 9.53 Å². The van der Waals surface area contributed by atoms with Crippen molar-refractivity contribution in [3.63, 3.8) is 0 Å². The zero-order valence-electron chi connectivity index (χ0n) is 11.4. The molecule has 0 aliphatic rings. The monoisotopic (exact) mass is 251 g/mol. The number of carbonyl (C=O) groups excluding carboxylic acids is 1. The van der Waals surface area contributed by atoms with Crippen molar-refractivity contribution in [3.8, 4) is 5.75 Å². The Balaban J connectivity index is 2.63. The van der Waals surface area contributed by atoms with Gasteiger partial charge in [0.15, 0.2) is 0 Å². The topological polar surface area (TPSA) is 47.6 Å². The number of ether oxygens (including phenoxy) is 2. The quantitative estimate of drug-likeness (QED) is 0.786. The van der Waals surface area contributed by atoms with Crippen LogP contribution in [0.4, 0.5) is 0 Å². The molecule has 0 fully saturated rings. The molecular formula is C14H21NO3. The van der Waals surface area contributed by atoms with Crippen molar-refractivity contribution in [1.29, 1.82) is 0 Å². The van der Waals surface area contributed by atoms with Crippen LogP contribution in [0.15, 0.2) is 30.3 Å². The van der Waals surface area contributed by atoms with E-state index < -0.39 is 5.54 Å². The number of methoxy groups -OCH3 is 1. The normalized spacial score (nSPS) is 15.6. The molecule has 2 unspecified atom stereocenters. The van der Waals surface area contributed by atoms with E-state index in [1.54, 1.807) is 7.05 Å². The van der Waals surface area contributed by atoms with Crippen LogP contribution >= 0.6 is 0 Å². The number of carbonyl (C=O) groups is 1. The van der Waals surface area contributed by atoms with Crippen LogP contribution < -0.4 is 10.1 Å². The molecule has 1 rings (SSSR count). The van der Waals surface area contributed by atoms with E-state index in [4.69, 9.17) is 9.47 Å². The van der Waals surface area contributed by atoms with E-state index in [0.717, 1.165) is 5.75 Å². The fourth-order valence-corrected chi connectivity index (χ4v) is 1.86. The summed E-state index contributed by atoms with van der Waals surface area (Å²) in [5.41, 5.74) is -0.733. The van der Waals surface area contributed by atoms with Crippen LogP contribution in [0.3, 0.4) is 0 Å². The van der Waals surface area contributed by atoms with Crippen molar-refractivity contribution in [1.82, 2.24) is 5.32 Å². The molecule has 0 aliphatic carbocycles. The minimum atomic E-state index is -0.733. The van der Waals surface area contributed by atoms with Crippen LogP contribution in [0.1, 0.15) is 20.3 Å². The van der Waals surface area contributed by atoms with E-state index in [1.807, 2.05) is 44.2 Å². The Hall–Kier alpha value is -1.55. The molecule has 0 radical (unpaired) electrons. The van der Waals surface area contributed by atoms with Crippen LogP contribution in [0.2, 0.25) is 0 Å². The highest BCUT2D eigenvalue weighted by Crippen LogP contribution is 2.19. The van der Waals surface area contributed by atoms with Gasteiger partial charge in [0.1, 0.15) is 11.3 Å². The number of nitrogens with one attached hydrogen (secondary N) is 1. The molecule has 0 heterocycles. The average Bonchev–Trinajstić information content (AvgIpc) is 2.38. The molecule has 100 valence electrons. The zero-order valence-corrected chi connectivity index (χ0v) is 11.4. The number of para-hydroxylation sites is 1. The van der Waals surface area contributed by atoms with Crippen LogP contribution in [-0.4, -0.2) is 31.8 Å². The summed E-state index contributed by atoms with van der Waals surface area (Å²) < 4.78 is 10.6. The lowest BCUT2D eigenvalue weighted by Gasteiger charge is -2.29. The van der Waals surface area contributed by atoms with Gasteiger partial charge >= 0.3 is 5.97 Å². The van der Waals surface area contributed by atoms with E-state index in [-0.39, 0.29) is 12.1 Å². The summed E-state index contributed by atoms with van der Waals surface area (Å²) in [6.45, 7) is 3.75. The molecule has 0 aromatic heterocycles. The molecular weight excluding hydrogens is 230 g/mol. The third-order valence-corrected chi connectivity index (χ3v) is 2.96. The van der Waals surface area contributed by atoms with Gasteiger partial charge in [-0.25, -0.2) is 0 Å². The van der Waals surface area contributed by atoms with Crippen molar-refractivity contribution in [2.24, 2.45) is 0 Å². The smallest absolute Gasteiger partial charge is 0.325 e. The first-order chi connectivity index (χ1) is 8.51. The molecule has 1 aromatic rings. The molecule has 4 heteroatoms. The number of hydrogen-bond donors (Lipinski definition) is 1. The van der Waals surface area contributed by atoms with Gasteiger partial charge in [0.25, 0.3) is 0 Å². The first-order valence-electron chi connectivity index (χ1n) is 6.01. The number of esters is 1. The van der Waals surface area contributed by atoms with Gasteiger partial charge in [0.2, 0.25) is 0 Å². The SMILES string of the molecule is CNC(C)(CC(C)Oc1ccccc1)C(=O)OC. The maximum absolute atomic E-state index is 11.7. The Labute approximate surface area is 108 Å². The lowest BCUT2D eigenvalue weighted by atomic mass is 9.95. The molecule has 0 amide bonds. The van der Waals surface area contributed by atoms with Crippen LogP contribution in [0, 0.1) is 0 Å². The number of hydrogen-bond acceptors (Lipinski definition) is 4. The second kappa shape index (κ2) is 6.40. The predicted molar refractivity (Wildman–Crippen MR) is 70.6 cm³/mol. The third kappa shape index (κ3) is 3.74. The molecule has 0 saturated heterocycles. The standard InChI is InChI=1S/C14H21NO3/c1-11(18-12-8-6-5-7-9-12)10-14(2,15-3)13(16)17-4/h5-9,11,15H,10H2,1-4H3. The molecule has 2 atom stereocenters. The van der Waals surface area contributed by atoms with Gasteiger partial charge in [-0.3, -0.25) is 4.79 Å². The van der Waals surface area contributed by atoms with Gasteiger partial charge in [-0.15, -0.1) is 0 Å². The van der Waals surface area contributed by atoms with Crippen molar-refractivity contribution < 1.29 is 14.3 Å². The largest absolute Gasteiger partial charge is 0.491 e. The minimum Gasteiger partial charge on any atom is -0.491 e. The van der Waals surface area contributed by atoms with E-state index >= 15 is 0 Å². The third-order valence-electron chi connectivity index (χ3n) is 2.96. The number of benzene rings is 1. The Morgan fingerprint density at radius 2 is 2.00 bits per heavy atom. The number of rotatable bonds is 6. The van der Waals surface area contributed by atoms with Gasteiger partial charge in [0.05, 0.1) is 13.2 Å². The molecule has 18 heavy (non-hydrogen) atoms. The molecule has 0 aliphatic heterocycles. The van der Waals surface area contributed by atoms with Gasteiger partial charge in [-0.2, -0.15) is 0 Å². The lowest BCUT2D eigenvalue weighted by Crippen LogP contribution is -2.50. The Morgan fingerprint density at radius 3 is 2.50 bits per heavy atom. The Bertz CT molecular complexity index is 380. The Morgan fingerprint density at radius 1 is 1.39 bits per heavy atom. The van der Waals surface area contributed by atoms with E-state index in [0.29, 0.717) is 6.42 Å². The molecule has 1 aromatic carbocycles. The van der Waals surface area contributed by atoms with Gasteiger partial charge in [-0.1, -0.05) is 18.2 Å². The molecule has 1 N–H and O–H groups in total. The maximum atomic E-state index is 11.7. The molecule has 0 spiro atoms. The van der Waals surface area contributed by atoms with E-state index in [2.05, 4.69) is 5.32 Å². The summed E-state index contributed by atoms with van der Waals surface area (Å²) in [7, 11) is 3.13.